The normalized spacial score (nSPS) is 19.8. The van der Waals surface area contributed by atoms with Gasteiger partial charge in [-0.3, -0.25) is 14.4 Å². The number of ether oxygens (including phenoxy) is 1. The first-order valence-electron chi connectivity index (χ1n) is 14.2. The Morgan fingerprint density at radius 3 is 2.05 bits per heavy atom. The smallest absolute Gasteiger partial charge is 0.309 e. The number of allylic oxidation sites excluding steroid dienone is 2. The number of cyclic esters (lactones) is 1. The van der Waals surface area contributed by atoms with Crippen molar-refractivity contribution >= 4 is 17.8 Å². The molecular weight excluding hydrogens is 516 g/mol. The summed E-state index contributed by atoms with van der Waals surface area (Å²) in [6.45, 7) is 0.365. The van der Waals surface area contributed by atoms with Gasteiger partial charge in [0.2, 0.25) is 11.8 Å². The van der Waals surface area contributed by atoms with E-state index in [1.54, 1.807) is 4.90 Å². The highest BCUT2D eigenvalue weighted by Gasteiger charge is 2.28. The lowest BCUT2D eigenvalue weighted by atomic mass is 9.94. The van der Waals surface area contributed by atoms with Gasteiger partial charge in [0.05, 0.1) is 24.5 Å². The Balaban J connectivity index is 1.55. The second-order valence-electron chi connectivity index (χ2n) is 10.4. The summed E-state index contributed by atoms with van der Waals surface area (Å²) in [5.41, 5.74) is 2.82. The molecule has 2 N–H and O–H groups in total. The van der Waals surface area contributed by atoms with Gasteiger partial charge < -0.3 is 20.1 Å². The number of rotatable bonds is 9. The highest BCUT2D eigenvalue weighted by atomic mass is 16.5. The van der Waals surface area contributed by atoms with Gasteiger partial charge in [-0.1, -0.05) is 103 Å². The summed E-state index contributed by atoms with van der Waals surface area (Å²) in [5.74, 6) is -1.77. The fraction of sp³-hybridized carbons (Fsp3) is 0.324. The maximum absolute atomic E-state index is 13.6. The summed E-state index contributed by atoms with van der Waals surface area (Å²) in [6.07, 6.45) is 5.16. The number of hydrogen-bond acceptors (Lipinski definition) is 5. The van der Waals surface area contributed by atoms with Crippen molar-refractivity contribution in [1.29, 1.82) is 0 Å². The molecule has 0 saturated heterocycles. The quantitative estimate of drug-likeness (QED) is 0.297. The summed E-state index contributed by atoms with van der Waals surface area (Å²) in [5, 5.41) is 12.7. The molecule has 0 unspecified atom stereocenters. The molecule has 1 aliphatic heterocycles. The molecule has 0 fully saturated rings. The van der Waals surface area contributed by atoms with Crippen LogP contribution in [0.5, 0.6) is 0 Å². The number of aliphatic hydroxyl groups excluding tert-OH is 1. The standard InChI is InChI=1S/C34H38N2O5/c37-21-20-36(24-27-14-6-2-7-15-27)32(38)23-29-18-10-11-19-30(22-26-12-4-1-5-13-26)34(40)41-25-31(35-33(29)39)28-16-8-3-9-17-28/h1-17,29-31,37H,18-25H2,(H,35,39)/t29-,30-,31+/m1/s1. The topological polar surface area (TPSA) is 95.9 Å². The van der Waals surface area contributed by atoms with Crippen LogP contribution in [0.4, 0.5) is 0 Å². The zero-order chi connectivity index (χ0) is 28.9. The van der Waals surface area contributed by atoms with Crippen molar-refractivity contribution in [2.24, 2.45) is 11.8 Å². The third-order valence-electron chi connectivity index (χ3n) is 7.31. The van der Waals surface area contributed by atoms with Crippen LogP contribution in [0.15, 0.2) is 103 Å². The van der Waals surface area contributed by atoms with Crippen LogP contribution in [0.3, 0.4) is 0 Å². The van der Waals surface area contributed by atoms with E-state index in [0.29, 0.717) is 25.8 Å². The zero-order valence-electron chi connectivity index (χ0n) is 23.2. The molecule has 2 amide bonds. The SMILES string of the molecule is O=C1N[C@H](c2ccccc2)COC(=O)[C@@H](Cc2ccccc2)CC=CC[C@@H]1CC(=O)N(CCO)Cc1ccccc1. The van der Waals surface area contributed by atoms with Crippen LogP contribution >= 0.6 is 0 Å². The Hall–Kier alpha value is -4.23. The van der Waals surface area contributed by atoms with Crippen LogP contribution < -0.4 is 5.32 Å². The van der Waals surface area contributed by atoms with Crippen molar-refractivity contribution in [1.82, 2.24) is 10.2 Å². The number of benzene rings is 3. The van der Waals surface area contributed by atoms with Gasteiger partial charge in [0, 0.05) is 19.5 Å². The second-order valence-corrected chi connectivity index (χ2v) is 10.4. The van der Waals surface area contributed by atoms with Gasteiger partial charge in [-0.25, -0.2) is 0 Å². The first kappa shape index (κ1) is 29.7. The van der Waals surface area contributed by atoms with E-state index in [1.807, 2.05) is 103 Å². The molecule has 7 heteroatoms. The number of aliphatic hydroxyl groups is 1. The highest BCUT2D eigenvalue weighted by Crippen LogP contribution is 2.22. The lowest BCUT2D eigenvalue weighted by Crippen LogP contribution is -2.40. The third-order valence-corrected chi connectivity index (χ3v) is 7.31. The molecule has 0 saturated carbocycles. The monoisotopic (exact) mass is 554 g/mol. The predicted molar refractivity (Wildman–Crippen MR) is 157 cm³/mol. The average molecular weight is 555 g/mol. The van der Waals surface area contributed by atoms with Gasteiger partial charge >= 0.3 is 5.97 Å². The minimum Gasteiger partial charge on any atom is -0.463 e. The van der Waals surface area contributed by atoms with Crippen molar-refractivity contribution in [2.75, 3.05) is 19.8 Å². The van der Waals surface area contributed by atoms with Gasteiger partial charge in [0.15, 0.2) is 0 Å². The van der Waals surface area contributed by atoms with Crippen molar-refractivity contribution < 1.29 is 24.2 Å². The average Bonchev–Trinajstić information content (AvgIpc) is 3.00. The van der Waals surface area contributed by atoms with Crippen molar-refractivity contribution in [3.8, 4) is 0 Å². The number of carbonyl (C=O) groups excluding carboxylic acids is 3. The molecular formula is C34H38N2O5. The van der Waals surface area contributed by atoms with E-state index in [1.165, 1.54) is 0 Å². The van der Waals surface area contributed by atoms with E-state index >= 15 is 0 Å². The van der Waals surface area contributed by atoms with E-state index in [-0.39, 0.29) is 49.9 Å². The minimum atomic E-state index is -0.621. The Morgan fingerprint density at radius 1 is 0.829 bits per heavy atom. The van der Waals surface area contributed by atoms with E-state index in [4.69, 9.17) is 4.74 Å². The lowest BCUT2D eigenvalue weighted by Gasteiger charge is -2.27. The fourth-order valence-corrected chi connectivity index (χ4v) is 5.00. The Morgan fingerprint density at radius 2 is 1.41 bits per heavy atom. The van der Waals surface area contributed by atoms with Crippen LogP contribution in [0.25, 0.3) is 0 Å². The number of nitrogens with zero attached hydrogens (tertiary/aromatic N) is 1. The van der Waals surface area contributed by atoms with E-state index in [0.717, 1.165) is 16.7 Å². The van der Waals surface area contributed by atoms with Gasteiger partial charge in [0.25, 0.3) is 0 Å². The molecule has 0 bridgehead atoms. The third kappa shape index (κ3) is 9.15. The zero-order valence-corrected chi connectivity index (χ0v) is 23.2. The molecule has 3 aromatic carbocycles. The number of esters is 1. The number of hydrogen-bond donors (Lipinski definition) is 2. The molecule has 41 heavy (non-hydrogen) atoms. The van der Waals surface area contributed by atoms with Crippen LogP contribution in [0.1, 0.15) is 42.0 Å². The molecule has 0 spiro atoms. The van der Waals surface area contributed by atoms with Crippen LogP contribution in [0, 0.1) is 11.8 Å². The molecule has 0 radical (unpaired) electrons. The maximum Gasteiger partial charge on any atom is 0.309 e. The lowest BCUT2D eigenvalue weighted by molar-refractivity contribution is -0.150. The number of nitrogens with one attached hydrogen (secondary N) is 1. The van der Waals surface area contributed by atoms with E-state index < -0.39 is 12.0 Å². The number of carbonyl (C=O) groups is 3. The second kappa shape index (κ2) is 15.5. The summed E-state index contributed by atoms with van der Waals surface area (Å²) in [4.78, 5) is 41.7. The molecule has 1 heterocycles. The Kier molecular flexibility index (Phi) is 11.3. The summed E-state index contributed by atoms with van der Waals surface area (Å²) in [6, 6.07) is 28.3. The molecule has 3 aromatic rings. The maximum atomic E-state index is 13.6. The van der Waals surface area contributed by atoms with E-state index in [2.05, 4.69) is 5.32 Å². The molecule has 0 aromatic heterocycles. The fourth-order valence-electron chi connectivity index (χ4n) is 5.00. The van der Waals surface area contributed by atoms with Crippen LogP contribution in [0.2, 0.25) is 0 Å². The summed E-state index contributed by atoms with van der Waals surface area (Å²) >= 11 is 0. The Bertz CT molecular complexity index is 1280. The van der Waals surface area contributed by atoms with Gasteiger partial charge in [0.1, 0.15) is 6.61 Å². The van der Waals surface area contributed by atoms with Gasteiger partial charge in [-0.05, 0) is 36.0 Å². The van der Waals surface area contributed by atoms with Gasteiger partial charge in [-0.15, -0.1) is 0 Å². The molecule has 214 valence electrons. The van der Waals surface area contributed by atoms with Crippen LogP contribution in [-0.4, -0.2) is 47.5 Å². The largest absolute Gasteiger partial charge is 0.463 e. The molecule has 0 aliphatic carbocycles. The highest BCUT2D eigenvalue weighted by molar-refractivity contribution is 5.86. The molecule has 4 rings (SSSR count). The first-order chi connectivity index (χ1) is 20.0. The molecule has 1 aliphatic rings. The summed E-state index contributed by atoms with van der Waals surface area (Å²) < 4.78 is 5.78. The first-order valence-corrected chi connectivity index (χ1v) is 14.2. The van der Waals surface area contributed by atoms with Gasteiger partial charge in [-0.2, -0.15) is 0 Å². The van der Waals surface area contributed by atoms with Crippen molar-refractivity contribution in [3.63, 3.8) is 0 Å². The summed E-state index contributed by atoms with van der Waals surface area (Å²) in [7, 11) is 0. The van der Waals surface area contributed by atoms with Crippen LogP contribution in [-0.2, 0) is 32.1 Å². The molecule has 3 atom stereocenters. The predicted octanol–water partition coefficient (Wildman–Crippen LogP) is 4.62. The van der Waals surface area contributed by atoms with Crippen molar-refractivity contribution in [3.05, 3.63) is 120 Å². The molecule has 7 nitrogen and oxygen atoms in total. The van der Waals surface area contributed by atoms with E-state index in [9.17, 15) is 19.5 Å². The number of amides is 2. The Labute approximate surface area is 241 Å². The van der Waals surface area contributed by atoms with Crippen molar-refractivity contribution in [2.45, 2.75) is 38.3 Å². The minimum absolute atomic E-state index is 0.00223.